The SMILES string of the molecule is Cn1c(CN)nc(Br)c1-c1cc[nH]c1. The molecule has 2 aromatic heterocycles. The monoisotopic (exact) mass is 254 g/mol. The highest BCUT2D eigenvalue weighted by Crippen LogP contribution is 2.27. The third-order valence-electron chi connectivity index (χ3n) is 2.20. The highest BCUT2D eigenvalue weighted by molar-refractivity contribution is 9.10. The Hall–Kier alpha value is -1.07. The van der Waals surface area contributed by atoms with Gasteiger partial charge < -0.3 is 15.3 Å². The van der Waals surface area contributed by atoms with Crippen LogP contribution in [0.25, 0.3) is 11.3 Å². The zero-order valence-electron chi connectivity index (χ0n) is 7.79. The lowest BCUT2D eigenvalue weighted by molar-refractivity contribution is 0.799. The first-order chi connectivity index (χ1) is 6.74. The summed E-state index contributed by atoms with van der Waals surface area (Å²) in [6.45, 7) is 0.444. The Morgan fingerprint density at radius 1 is 1.64 bits per heavy atom. The number of nitrogens with two attached hydrogens (primary N) is 1. The number of halogens is 1. The van der Waals surface area contributed by atoms with E-state index in [9.17, 15) is 0 Å². The highest BCUT2D eigenvalue weighted by atomic mass is 79.9. The molecule has 0 fully saturated rings. The first-order valence-corrected chi connectivity index (χ1v) is 5.07. The van der Waals surface area contributed by atoms with Gasteiger partial charge in [0, 0.05) is 25.0 Å². The van der Waals surface area contributed by atoms with Crippen molar-refractivity contribution in [2.45, 2.75) is 6.54 Å². The van der Waals surface area contributed by atoms with Crippen molar-refractivity contribution < 1.29 is 0 Å². The first-order valence-electron chi connectivity index (χ1n) is 4.28. The van der Waals surface area contributed by atoms with Crippen LogP contribution in [0, 0.1) is 0 Å². The molecule has 0 spiro atoms. The van der Waals surface area contributed by atoms with E-state index in [2.05, 4.69) is 25.9 Å². The van der Waals surface area contributed by atoms with Gasteiger partial charge in [-0.3, -0.25) is 0 Å². The van der Waals surface area contributed by atoms with E-state index in [1.807, 2.05) is 30.1 Å². The second kappa shape index (κ2) is 3.59. The fraction of sp³-hybridized carbons (Fsp3) is 0.222. The van der Waals surface area contributed by atoms with Gasteiger partial charge in [-0.1, -0.05) is 0 Å². The molecule has 0 saturated heterocycles. The molecule has 2 heterocycles. The molecular formula is C9H11BrN4. The number of hydrogen-bond acceptors (Lipinski definition) is 2. The lowest BCUT2D eigenvalue weighted by Gasteiger charge is -2.02. The summed E-state index contributed by atoms with van der Waals surface area (Å²) in [5, 5.41) is 0. The van der Waals surface area contributed by atoms with Gasteiger partial charge in [0.25, 0.3) is 0 Å². The number of hydrogen-bond donors (Lipinski definition) is 2. The van der Waals surface area contributed by atoms with Gasteiger partial charge in [-0.15, -0.1) is 0 Å². The summed E-state index contributed by atoms with van der Waals surface area (Å²) >= 11 is 3.43. The minimum atomic E-state index is 0.444. The maximum atomic E-state index is 5.57. The van der Waals surface area contributed by atoms with Crippen molar-refractivity contribution in [3.63, 3.8) is 0 Å². The number of rotatable bonds is 2. The van der Waals surface area contributed by atoms with Crippen molar-refractivity contribution in [3.05, 3.63) is 28.9 Å². The van der Waals surface area contributed by atoms with E-state index in [4.69, 9.17) is 5.73 Å². The van der Waals surface area contributed by atoms with Crippen molar-refractivity contribution in [2.75, 3.05) is 0 Å². The van der Waals surface area contributed by atoms with Crippen LogP contribution in [0.2, 0.25) is 0 Å². The van der Waals surface area contributed by atoms with Gasteiger partial charge in [-0.25, -0.2) is 4.98 Å². The van der Waals surface area contributed by atoms with Crippen molar-refractivity contribution in [2.24, 2.45) is 12.8 Å². The molecule has 0 bridgehead atoms. The number of nitrogens with zero attached hydrogens (tertiary/aromatic N) is 2. The molecule has 0 aliphatic rings. The average Bonchev–Trinajstić information content (AvgIpc) is 2.74. The minimum absolute atomic E-state index is 0.444. The Morgan fingerprint density at radius 3 is 2.93 bits per heavy atom. The summed E-state index contributed by atoms with van der Waals surface area (Å²) in [4.78, 5) is 7.34. The molecule has 0 amide bonds. The molecule has 0 unspecified atom stereocenters. The molecule has 4 nitrogen and oxygen atoms in total. The molecular weight excluding hydrogens is 244 g/mol. The Kier molecular flexibility index (Phi) is 2.43. The van der Waals surface area contributed by atoms with Crippen LogP contribution in [0.1, 0.15) is 5.82 Å². The van der Waals surface area contributed by atoms with Gasteiger partial charge in [0.1, 0.15) is 10.4 Å². The van der Waals surface area contributed by atoms with E-state index in [0.717, 1.165) is 21.7 Å². The lowest BCUT2D eigenvalue weighted by Crippen LogP contribution is -2.05. The van der Waals surface area contributed by atoms with Crippen LogP contribution in [0.3, 0.4) is 0 Å². The molecule has 0 atom stereocenters. The standard InChI is InChI=1S/C9H11BrN4/c1-14-7(4-11)13-9(10)8(14)6-2-3-12-5-6/h2-3,5,12H,4,11H2,1H3. The summed E-state index contributed by atoms with van der Waals surface area (Å²) in [6.07, 6.45) is 3.82. The molecule has 0 aliphatic heterocycles. The zero-order valence-corrected chi connectivity index (χ0v) is 9.37. The summed E-state index contributed by atoms with van der Waals surface area (Å²) in [5.74, 6) is 0.869. The maximum absolute atomic E-state index is 5.57. The van der Waals surface area contributed by atoms with Crippen molar-refractivity contribution in [1.29, 1.82) is 0 Å². The van der Waals surface area contributed by atoms with Crippen molar-refractivity contribution in [1.82, 2.24) is 14.5 Å². The Labute approximate surface area is 90.3 Å². The molecule has 2 aromatic rings. The minimum Gasteiger partial charge on any atom is -0.367 e. The van der Waals surface area contributed by atoms with Crippen LogP contribution >= 0.6 is 15.9 Å². The molecule has 0 aromatic carbocycles. The van der Waals surface area contributed by atoms with Gasteiger partial charge in [-0.2, -0.15) is 0 Å². The Balaban J connectivity index is 2.58. The van der Waals surface area contributed by atoms with Crippen LogP contribution in [0.4, 0.5) is 0 Å². The quantitative estimate of drug-likeness (QED) is 0.856. The number of nitrogens with one attached hydrogen (secondary N) is 1. The molecule has 0 aliphatic carbocycles. The Bertz CT molecular complexity index is 430. The van der Waals surface area contributed by atoms with E-state index in [0.29, 0.717) is 6.54 Å². The molecule has 0 saturated carbocycles. The summed E-state index contributed by atoms with van der Waals surface area (Å²) in [5.41, 5.74) is 7.73. The van der Waals surface area contributed by atoms with Gasteiger partial charge in [0.05, 0.1) is 12.2 Å². The van der Waals surface area contributed by atoms with Gasteiger partial charge in [-0.05, 0) is 22.0 Å². The number of aromatic nitrogens is 3. The first kappa shape index (κ1) is 9.48. The number of H-pyrrole nitrogens is 1. The second-order valence-corrected chi connectivity index (χ2v) is 3.78. The van der Waals surface area contributed by atoms with Crippen molar-refractivity contribution in [3.8, 4) is 11.3 Å². The van der Waals surface area contributed by atoms with E-state index in [1.165, 1.54) is 0 Å². The van der Waals surface area contributed by atoms with Crippen LogP contribution < -0.4 is 5.73 Å². The smallest absolute Gasteiger partial charge is 0.132 e. The van der Waals surface area contributed by atoms with E-state index in [-0.39, 0.29) is 0 Å². The fourth-order valence-electron chi connectivity index (χ4n) is 1.48. The predicted octanol–water partition coefficient (Wildman–Crippen LogP) is 1.64. The molecule has 5 heteroatoms. The van der Waals surface area contributed by atoms with Crippen LogP contribution in [-0.2, 0) is 13.6 Å². The molecule has 3 N–H and O–H groups in total. The number of imidazole rings is 1. The Morgan fingerprint density at radius 2 is 2.43 bits per heavy atom. The van der Waals surface area contributed by atoms with Gasteiger partial charge >= 0.3 is 0 Å². The molecule has 74 valence electrons. The topological polar surface area (TPSA) is 59.6 Å². The van der Waals surface area contributed by atoms with E-state index in [1.54, 1.807) is 0 Å². The highest BCUT2D eigenvalue weighted by Gasteiger charge is 2.13. The van der Waals surface area contributed by atoms with Gasteiger partial charge in [0.15, 0.2) is 0 Å². The average molecular weight is 255 g/mol. The largest absolute Gasteiger partial charge is 0.367 e. The molecule has 14 heavy (non-hydrogen) atoms. The van der Waals surface area contributed by atoms with E-state index >= 15 is 0 Å². The normalized spacial score (nSPS) is 10.8. The number of aromatic amines is 1. The van der Waals surface area contributed by atoms with E-state index < -0.39 is 0 Å². The predicted molar refractivity (Wildman–Crippen MR) is 58.6 cm³/mol. The van der Waals surface area contributed by atoms with Crippen LogP contribution in [0.5, 0.6) is 0 Å². The van der Waals surface area contributed by atoms with Crippen molar-refractivity contribution >= 4 is 15.9 Å². The summed E-state index contributed by atoms with van der Waals surface area (Å²) < 4.78 is 2.83. The lowest BCUT2D eigenvalue weighted by atomic mass is 10.2. The molecule has 2 rings (SSSR count). The second-order valence-electron chi connectivity index (χ2n) is 3.03. The molecule has 0 radical (unpaired) electrons. The summed E-state index contributed by atoms with van der Waals surface area (Å²) in [6, 6.07) is 2.00. The van der Waals surface area contributed by atoms with Gasteiger partial charge in [0.2, 0.25) is 0 Å². The zero-order chi connectivity index (χ0) is 10.1. The third-order valence-corrected chi connectivity index (χ3v) is 2.75. The fourth-order valence-corrected chi connectivity index (χ4v) is 2.17. The summed E-state index contributed by atoms with van der Waals surface area (Å²) in [7, 11) is 1.96. The van der Waals surface area contributed by atoms with Crippen LogP contribution in [-0.4, -0.2) is 14.5 Å². The third kappa shape index (κ3) is 1.38. The maximum Gasteiger partial charge on any atom is 0.132 e. The van der Waals surface area contributed by atoms with Crippen LogP contribution in [0.15, 0.2) is 23.1 Å².